The molecule has 0 aliphatic rings. The number of carbonyl (C=O) groups is 1. The van der Waals surface area contributed by atoms with Crippen LogP contribution in [-0.2, 0) is 13.0 Å². The monoisotopic (exact) mass is 294 g/mol. The summed E-state index contributed by atoms with van der Waals surface area (Å²) in [7, 11) is 0. The van der Waals surface area contributed by atoms with Gasteiger partial charge in [-0.25, -0.2) is 9.18 Å². The summed E-state index contributed by atoms with van der Waals surface area (Å²) in [6, 6.07) is 3.53. The van der Waals surface area contributed by atoms with Gasteiger partial charge in [0.05, 0.1) is 5.56 Å². The maximum absolute atomic E-state index is 13.5. The lowest BCUT2D eigenvalue weighted by Crippen LogP contribution is -2.02. The number of benzene rings is 1. The third kappa shape index (κ3) is 4.01. The van der Waals surface area contributed by atoms with Gasteiger partial charge in [-0.2, -0.15) is 4.98 Å². The highest BCUT2D eigenvalue weighted by Crippen LogP contribution is 2.18. The number of carboxylic acid groups (broad SMARTS) is 1. The molecule has 0 aliphatic carbocycles. The Hall–Kier alpha value is -2.44. The molecular weight excluding hydrogens is 279 g/mol. The van der Waals surface area contributed by atoms with Gasteiger partial charge in [0.2, 0.25) is 0 Å². The highest BCUT2D eigenvalue weighted by molar-refractivity contribution is 5.88. The Bertz CT molecular complexity index is 627. The average Bonchev–Trinajstić information content (AvgIpc) is 2.90. The third-order valence-electron chi connectivity index (χ3n) is 2.80. The number of aryl methyl sites for hydroxylation is 1. The Morgan fingerprint density at radius 1 is 1.48 bits per heavy atom. The van der Waals surface area contributed by atoms with Gasteiger partial charge in [-0.05, 0) is 18.6 Å². The molecule has 0 amide bonds. The molecule has 0 spiro atoms. The normalized spacial score (nSPS) is 10.6. The van der Waals surface area contributed by atoms with E-state index in [1.54, 1.807) is 0 Å². The Labute approximate surface area is 120 Å². The zero-order chi connectivity index (χ0) is 15.2. The second-order valence-corrected chi connectivity index (χ2v) is 4.44. The molecule has 0 unspecified atom stereocenters. The summed E-state index contributed by atoms with van der Waals surface area (Å²) in [5.74, 6) is -1.07. The molecule has 0 aliphatic heterocycles. The third-order valence-corrected chi connectivity index (χ3v) is 2.80. The van der Waals surface area contributed by atoms with Crippen LogP contribution in [0.5, 0.6) is 5.75 Å². The molecule has 0 bridgehead atoms. The number of hydrogen-bond donors (Lipinski definition) is 1. The Morgan fingerprint density at radius 2 is 2.29 bits per heavy atom. The minimum atomic E-state index is -1.32. The van der Waals surface area contributed by atoms with Crippen LogP contribution >= 0.6 is 0 Å². The van der Waals surface area contributed by atoms with Gasteiger partial charge in [0.15, 0.2) is 12.4 Å². The number of ether oxygens (including phenoxy) is 1. The summed E-state index contributed by atoms with van der Waals surface area (Å²) in [5, 5.41) is 12.5. The quantitative estimate of drug-likeness (QED) is 0.845. The fourth-order valence-electron chi connectivity index (χ4n) is 1.69. The molecule has 2 rings (SSSR count). The van der Waals surface area contributed by atoms with Crippen molar-refractivity contribution in [2.75, 3.05) is 0 Å². The SMILES string of the molecule is CCCCc1noc(COc2ccc(C(=O)O)c(F)c2)n1. The Morgan fingerprint density at radius 3 is 2.95 bits per heavy atom. The van der Waals surface area contributed by atoms with Crippen LogP contribution in [0.3, 0.4) is 0 Å². The molecule has 0 saturated carbocycles. The number of halogens is 1. The summed E-state index contributed by atoms with van der Waals surface area (Å²) >= 11 is 0. The van der Waals surface area contributed by atoms with Gasteiger partial charge in [0.25, 0.3) is 5.89 Å². The second kappa shape index (κ2) is 6.83. The number of nitrogens with zero attached hydrogens (tertiary/aromatic N) is 2. The molecule has 1 N–H and O–H groups in total. The van der Waals surface area contributed by atoms with Crippen LogP contribution in [0.4, 0.5) is 4.39 Å². The molecule has 0 saturated heterocycles. The van der Waals surface area contributed by atoms with Crippen molar-refractivity contribution in [3.63, 3.8) is 0 Å². The molecule has 7 heteroatoms. The van der Waals surface area contributed by atoms with E-state index in [1.807, 2.05) is 0 Å². The van der Waals surface area contributed by atoms with Crippen LogP contribution in [-0.4, -0.2) is 21.2 Å². The summed E-state index contributed by atoms with van der Waals surface area (Å²) in [6.45, 7) is 2.07. The number of unbranched alkanes of at least 4 members (excludes halogenated alkanes) is 1. The van der Waals surface area contributed by atoms with Crippen LogP contribution in [0.2, 0.25) is 0 Å². The summed E-state index contributed by atoms with van der Waals surface area (Å²) in [5.41, 5.74) is -0.401. The van der Waals surface area contributed by atoms with Gasteiger partial charge >= 0.3 is 5.97 Å². The number of aromatic carboxylic acids is 1. The smallest absolute Gasteiger partial charge is 0.338 e. The van der Waals surface area contributed by atoms with Crippen molar-refractivity contribution >= 4 is 5.97 Å². The number of rotatable bonds is 7. The molecule has 0 fully saturated rings. The summed E-state index contributed by atoms with van der Waals surface area (Å²) in [6.07, 6.45) is 2.75. The zero-order valence-corrected chi connectivity index (χ0v) is 11.5. The maximum atomic E-state index is 13.5. The molecular formula is C14H15FN2O4. The van der Waals surface area contributed by atoms with E-state index in [1.165, 1.54) is 6.07 Å². The molecule has 21 heavy (non-hydrogen) atoms. The van der Waals surface area contributed by atoms with Gasteiger partial charge in [-0.1, -0.05) is 18.5 Å². The number of hydrogen-bond acceptors (Lipinski definition) is 5. The predicted octanol–water partition coefficient (Wildman–Crippen LogP) is 2.83. The first-order chi connectivity index (χ1) is 10.1. The molecule has 2 aromatic rings. The summed E-state index contributed by atoms with van der Waals surface area (Å²) in [4.78, 5) is 14.8. The molecule has 0 radical (unpaired) electrons. The van der Waals surface area contributed by atoms with Crippen molar-refractivity contribution in [1.29, 1.82) is 0 Å². The van der Waals surface area contributed by atoms with Crippen LogP contribution in [0.15, 0.2) is 22.7 Å². The van der Waals surface area contributed by atoms with Crippen LogP contribution in [0.25, 0.3) is 0 Å². The first-order valence-corrected chi connectivity index (χ1v) is 6.57. The molecule has 1 aromatic heterocycles. The van der Waals surface area contributed by atoms with Crippen LogP contribution in [0.1, 0.15) is 41.8 Å². The van der Waals surface area contributed by atoms with Crippen LogP contribution in [0, 0.1) is 5.82 Å². The largest absolute Gasteiger partial charge is 0.484 e. The molecule has 6 nitrogen and oxygen atoms in total. The van der Waals surface area contributed by atoms with Gasteiger partial charge < -0.3 is 14.4 Å². The fourth-order valence-corrected chi connectivity index (χ4v) is 1.69. The van der Waals surface area contributed by atoms with E-state index < -0.39 is 17.3 Å². The molecule has 1 aromatic carbocycles. The van der Waals surface area contributed by atoms with E-state index in [4.69, 9.17) is 14.4 Å². The van der Waals surface area contributed by atoms with Crippen molar-refractivity contribution in [1.82, 2.24) is 10.1 Å². The van der Waals surface area contributed by atoms with E-state index >= 15 is 0 Å². The molecule has 1 heterocycles. The minimum absolute atomic E-state index is 0.00494. The van der Waals surface area contributed by atoms with E-state index in [2.05, 4.69) is 17.1 Å². The standard InChI is InChI=1S/C14H15FN2O4/c1-2-3-4-12-16-13(21-17-12)8-20-9-5-6-10(14(18)19)11(15)7-9/h5-7H,2-4,8H2,1H3,(H,18,19). The van der Waals surface area contributed by atoms with Crippen molar-refractivity contribution < 1.29 is 23.6 Å². The van der Waals surface area contributed by atoms with Gasteiger partial charge in [0.1, 0.15) is 11.6 Å². The van der Waals surface area contributed by atoms with E-state index in [-0.39, 0.29) is 12.4 Å². The first-order valence-electron chi connectivity index (χ1n) is 6.57. The lowest BCUT2D eigenvalue weighted by atomic mass is 10.2. The van der Waals surface area contributed by atoms with Crippen molar-refractivity contribution in [3.8, 4) is 5.75 Å². The van der Waals surface area contributed by atoms with E-state index in [0.29, 0.717) is 11.7 Å². The van der Waals surface area contributed by atoms with E-state index in [9.17, 15) is 9.18 Å². The molecule has 112 valence electrons. The Balaban J connectivity index is 1.95. The highest BCUT2D eigenvalue weighted by Gasteiger charge is 2.12. The Kier molecular flexibility index (Phi) is 4.86. The topological polar surface area (TPSA) is 85.5 Å². The van der Waals surface area contributed by atoms with Crippen molar-refractivity contribution in [2.24, 2.45) is 0 Å². The highest BCUT2D eigenvalue weighted by atomic mass is 19.1. The minimum Gasteiger partial charge on any atom is -0.484 e. The predicted molar refractivity (Wildman–Crippen MR) is 70.6 cm³/mol. The first kappa shape index (κ1) is 15.0. The molecule has 0 atom stereocenters. The van der Waals surface area contributed by atoms with Gasteiger partial charge in [-0.3, -0.25) is 0 Å². The number of aromatic nitrogens is 2. The maximum Gasteiger partial charge on any atom is 0.338 e. The van der Waals surface area contributed by atoms with Crippen LogP contribution < -0.4 is 4.74 Å². The average molecular weight is 294 g/mol. The number of carboxylic acids is 1. The summed E-state index contributed by atoms with van der Waals surface area (Å²) < 4.78 is 23.8. The fraction of sp³-hybridized carbons (Fsp3) is 0.357. The van der Waals surface area contributed by atoms with Gasteiger partial charge in [-0.15, -0.1) is 0 Å². The van der Waals surface area contributed by atoms with Gasteiger partial charge in [0, 0.05) is 12.5 Å². The lowest BCUT2D eigenvalue weighted by molar-refractivity contribution is 0.0691. The second-order valence-electron chi connectivity index (χ2n) is 4.44. The lowest BCUT2D eigenvalue weighted by Gasteiger charge is -2.04. The zero-order valence-electron chi connectivity index (χ0n) is 11.5. The van der Waals surface area contributed by atoms with E-state index in [0.717, 1.165) is 31.4 Å². The van der Waals surface area contributed by atoms with Crippen molar-refractivity contribution in [3.05, 3.63) is 41.3 Å². The van der Waals surface area contributed by atoms with Crippen molar-refractivity contribution in [2.45, 2.75) is 32.8 Å².